The first-order valence-corrected chi connectivity index (χ1v) is 5.43. The van der Waals surface area contributed by atoms with Crippen LogP contribution in [0.3, 0.4) is 0 Å². The Morgan fingerprint density at radius 2 is 2.00 bits per heavy atom. The molecule has 1 amide bonds. The van der Waals surface area contributed by atoms with Crippen LogP contribution in [0.25, 0.3) is 0 Å². The predicted octanol–water partition coefficient (Wildman–Crippen LogP) is 1.92. The highest BCUT2D eigenvalue weighted by atomic mass is 79.9. The number of amides is 1. The van der Waals surface area contributed by atoms with E-state index >= 15 is 0 Å². The Morgan fingerprint density at radius 1 is 1.33 bits per heavy atom. The van der Waals surface area contributed by atoms with E-state index in [1.807, 2.05) is 24.3 Å². The number of rotatable bonds is 1. The molecule has 1 unspecified atom stereocenters. The zero-order valence-corrected chi connectivity index (χ0v) is 9.82. The third-order valence-corrected chi connectivity index (χ3v) is 3.33. The number of carbonyl (C=O) groups excluding carboxylic acids is 2. The number of ketones is 1. The number of hydrogen-bond acceptors (Lipinski definition) is 2. The fourth-order valence-corrected chi connectivity index (χ4v) is 2.31. The van der Waals surface area contributed by atoms with Gasteiger partial charge in [0.25, 0.3) is 0 Å². The maximum atomic E-state index is 11.7. The number of hydrogen-bond donors (Lipinski definition) is 0. The summed E-state index contributed by atoms with van der Waals surface area (Å²) < 4.78 is 0.866. The minimum absolute atomic E-state index is 0.0164. The lowest BCUT2D eigenvalue weighted by Crippen LogP contribution is -2.24. The van der Waals surface area contributed by atoms with Gasteiger partial charge in [0.05, 0.1) is 6.42 Å². The normalized spacial score (nSPS) is 21.2. The van der Waals surface area contributed by atoms with Gasteiger partial charge < -0.3 is 4.90 Å². The second kappa shape index (κ2) is 3.77. The molecule has 2 rings (SSSR count). The molecule has 1 aliphatic rings. The molecule has 1 aliphatic heterocycles. The Balaban J connectivity index is 2.43. The Labute approximate surface area is 96.2 Å². The van der Waals surface area contributed by atoms with Crippen molar-refractivity contribution in [3.63, 3.8) is 0 Å². The summed E-state index contributed by atoms with van der Waals surface area (Å²) in [4.78, 5) is 24.5. The van der Waals surface area contributed by atoms with Crippen molar-refractivity contribution in [3.05, 3.63) is 34.3 Å². The number of carbonyl (C=O) groups is 2. The molecule has 1 aromatic carbocycles. The molecule has 1 fully saturated rings. The van der Waals surface area contributed by atoms with E-state index in [-0.39, 0.29) is 18.1 Å². The summed E-state index contributed by atoms with van der Waals surface area (Å²) in [7, 11) is 1.66. The molecule has 0 aliphatic carbocycles. The fraction of sp³-hybridized carbons (Fsp3) is 0.273. The second-order valence-corrected chi connectivity index (χ2v) is 4.43. The predicted molar refractivity (Wildman–Crippen MR) is 59.3 cm³/mol. The lowest BCUT2D eigenvalue weighted by Gasteiger charge is -2.19. The number of likely N-dealkylation sites (tertiary alicyclic amines) is 1. The van der Waals surface area contributed by atoms with E-state index in [0.717, 1.165) is 10.0 Å². The van der Waals surface area contributed by atoms with Gasteiger partial charge in [-0.25, -0.2) is 0 Å². The van der Waals surface area contributed by atoms with Crippen LogP contribution in [-0.4, -0.2) is 23.6 Å². The minimum Gasteiger partial charge on any atom is -0.331 e. The first-order chi connectivity index (χ1) is 7.11. The van der Waals surface area contributed by atoms with Gasteiger partial charge in [-0.3, -0.25) is 9.59 Å². The van der Waals surface area contributed by atoms with Crippen molar-refractivity contribution in [2.75, 3.05) is 7.05 Å². The molecule has 1 atom stereocenters. The van der Waals surface area contributed by atoms with Gasteiger partial charge in [0, 0.05) is 11.5 Å². The Hall–Kier alpha value is -1.16. The van der Waals surface area contributed by atoms with Gasteiger partial charge in [-0.2, -0.15) is 0 Å². The number of halogens is 1. The maximum Gasteiger partial charge on any atom is 0.230 e. The highest BCUT2D eigenvalue weighted by Crippen LogP contribution is 2.32. The largest absolute Gasteiger partial charge is 0.331 e. The standard InChI is InChI=1S/C11H10BrNO2/c1-13-10(15)6-9(14)11(13)7-4-2-3-5-8(7)12/h2-5,11H,6H2,1H3. The SMILES string of the molecule is CN1C(=O)CC(=O)C1c1ccccc1Br. The molecule has 0 bridgehead atoms. The van der Waals surface area contributed by atoms with Gasteiger partial charge in [0.2, 0.25) is 5.91 Å². The van der Waals surface area contributed by atoms with Gasteiger partial charge >= 0.3 is 0 Å². The van der Waals surface area contributed by atoms with Gasteiger partial charge in [0.15, 0.2) is 5.78 Å². The zero-order chi connectivity index (χ0) is 11.0. The lowest BCUT2D eigenvalue weighted by molar-refractivity contribution is -0.127. The minimum atomic E-state index is -0.423. The number of Topliss-reactive ketones (excluding diaryl/α,β-unsaturated/α-hetero) is 1. The van der Waals surface area contributed by atoms with Crippen molar-refractivity contribution >= 4 is 27.6 Å². The molecule has 3 nitrogen and oxygen atoms in total. The Morgan fingerprint density at radius 3 is 2.53 bits per heavy atom. The molecule has 1 aromatic rings. The molecular weight excluding hydrogens is 258 g/mol. The van der Waals surface area contributed by atoms with E-state index in [1.165, 1.54) is 4.90 Å². The van der Waals surface area contributed by atoms with E-state index in [4.69, 9.17) is 0 Å². The third-order valence-electron chi connectivity index (χ3n) is 2.61. The van der Waals surface area contributed by atoms with E-state index in [2.05, 4.69) is 15.9 Å². The first-order valence-electron chi connectivity index (χ1n) is 4.64. The molecule has 4 heteroatoms. The van der Waals surface area contributed by atoms with Crippen LogP contribution in [0.1, 0.15) is 18.0 Å². The molecule has 1 heterocycles. The van der Waals surface area contributed by atoms with Crippen LogP contribution in [0, 0.1) is 0 Å². The van der Waals surface area contributed by atoms with Gasteiger partial charge in [-0.1, -0.05) is 34.1 Å². The first kappa shape index (κ1) is 10.4. The van der Waals surface area contributed by atoms with E-state index in [1.54, 1.807) is 7.05 Å². The highest BCUT2D eigenvalue weighted by Gasteiger charge is 2.37. The molecule has 15 heavy (non-hydrogen) atoms. The Kier molecular flexibility index (Phi) is 2.61. The monoisotopic (exact) mass is 267 g/mol. The average Bonchev–Trinajstić information content (AvgIpc) is 2.43. The van der Waals surface area contributed by atoms with Crippen molar-refractivity contribution in [3.8, 4) is 0 Å². The molecule has 0 saturated carbocycles. The molecular formula is C11H10BrNO2. The molecule has 0 aromatic heterocycles. The summed E-state index contributed by atoms with van der Waals surface area (Å²) in [5.41, 5.74) is 0.857. The molecule has 0 radical (unpaired) electrons. The number of benzene rings is 1. The van der Waals surface area contributed by atoms with Gasteiger partial charge in [-0.15, -0.1) is 0 Å². The van der Waals surface area contributed by atoms with Crippen LogP contribution >= 0.6 is 15.9 Å². The Bertz CT molecular complexity index is 430. The van der Waals surface area contributed by atoms with Crippen molar-refractivity contribution in [1.29, 1.82) is 0 Å². The highest BCUT2D eigenvalue weighted by molar-refractivity contribution is 9.10. The van der Waals surface area contributed by atoms with Crippen molar-refractivity contribution < 1.29 is 9.59 Å². The van der Waals surface area contributed by atoms with Crippen LogP contribution in [0.4, 0.5) is 0 Å². The zero-order valence-electron chi connectivity index (χ0n) is 8.24. The number of nitrogens with zero attached hydrogens (tertiary/aromatic N) is 1. The summed E-state index contributed by atoms with van der Waals surface area (Å²) in [5.74, 6) is -0.143. The summed E-state index contributed by atoms with van der Waals surface area (Å²) in [5, 5.41) is 0. The van der Waals surface area contributed by atoms with Crippen molar-refractivity contribution in [1.82, 2.24) is 4.90 Å². The molecule has 1 saturated heterocycles. The van der Waals surface area contributed by atoms with Crippen molar-refractivity contribution in [2.45, 2.75) is 12.5 Å². The lowest BCUT2D eigenvalue weighted by atomic mass is 10.0. The molecule has 78 valence electrons. The van der Waals surface area contributed by atoms with E-state index < -0.39 is 6.04 Å². The van der Waals surface area contributed by atoms with Crippen molar-refractivity contribution in [2.24, 2.45) is 0 Å². The quantitative estimate of drug-likeness (QED) is 0.730. The van der Waals surface area contributed by atoms with Crippen LogP contribution in [-0.2, 0) is 9.59 Å². The van der Waals surface area contributed by atoms with Gasteiger partial charge in [0.1, 0.15) is 6.04 Å². The summed E-state index contributed by atoms with van der Waals surface area (Å²) >= 11 is 3.39. The maximum absolute atomic E-state index is 11.7. The fourth-order valence-electron chi connectivity index (χ4n) is 1.81. The summed E-state index contributed by atoms with van der Waals surface area (Å²) in [6.45, 7) is 0. The molecule has 0 spiro atoms. The topological polar surface area (TPSA) is 37.4 Å². The van der Waals surface area contributed by atoms with Gasteiger partial charge in [-0.05, 0) is 11.6 Å². The summed E-state index contributed by atoms with van der Waals surface area (Å²) in [6.07, 6.45) is 0.0164. The second-order valence-electron chi connectivity index (χ2n) is 3.57. The number of likely N-dealkylation sites (N-methyl/N-ethyl adjacent to an activating group) is 1. The van der Waals surface area contributed by atoms with E-state index in [0.29, 0.717) is 0 Å². The van der Waals surface area contributed by atoms with Crippen LogP contribution < -0.4 is 0 Å². The third kappa shape index (κ3) is 1.69. The van der Waals surface area contributed by atoms with E-state index in [9.17, 15) is 9.59 Å². The van der Waals surface area contributed by atoms with Crippen LogP contribution in [0.2, 0.25) is 0 Å². The van der Waals surface area contributed by atoms with Crippen LogP contribution in [0.5, 0.6) is 0 Å². The smallest absolute Gasteiger partial charge is 0.230 e. The summed E-state index contributed by atoms with van der Waals surface area (Å²) in [6, 6.07) is 7.06. The molecule has 0 N–H and O–H groups in total. The van der Waals surface area contributed by atoms with Crippen LogP contribution in [0.15, 0.2) is 28.7 Å². The average molecular weight is 268 g/mol.